The van der Waals surface area contributed by atoms with Crippen molar-refractivity contribution in [2.24, 2.45) is 0 Å². The highest BCUT2D eigenvalue weighted by molar-refractivity contribution is 6.32. The third-order valence-corrected chi connectivity index (χ3v) is 3.96. The standard InChI is InChI=1S/C16H11Cl2NO/c1-9-2-3-10(6-14(9)18)16(20)13-8-19-15-7-11(17)4-5-12(13)15/h2-8,19H,1H3. The Hall–Kier alpha value is -1.77. The van der Waals surface area contributed by atoms with E-state index in [-0.39, 0.29) is 5.78 Å². The van der Waals surface area contributed by atoms with Crippen molar-refractivity contribution in [1.29, 1.82) is 0 Å². The van der Waals surface area contributed by atoms with Crippen molar-refractivity contribution < 1.29 is 4.79 Å². The van der Waals surface area contributed by atoms with Gasteiger partial charge in [0.2, 0.25) is 0 Å². The topological polar surface area (TPSA) is 32.9 Å². The minimum atomic E-state index is -0.0551. The number of aryl methyl sites for hydroxylation is 1. The summed E-state index contributed by atoms with van der Waals surface area (Å²) in [6.45, 7) is 1.91. The Labute approximate surface area is 126 Å². The normalized spacial score (nSPS) is 10.9. The Morgan fingerprint density at radius 2 is 1.90 bits per heavy atom. The second kappa shape index (κ2) is 4.97. The van der Waals surface area contributed by atoms with E-state index >= 15 is 0 Å². The van der Waals surface area contributed by atoms with Crippen LogP contribution in [0, 0.1) is 6.92 Å². The van der Waals surface area contributed by atoms with Crippen LogP contribution in [0.25, 0.3) is 10.9 Å². The molecule has 0 unspecified atom stereocenters. The lowest BCUT2D eigenvalue weighted by molar-refractivity contribution is 0.104. The van der Waals surface area contributed by atoms with E-state index in [9.17, 15) is 4.79 Å². The first-order valence-electron chi connectivity index (χ1n) is 6.14. The molecule has 0 aliphatic rings. The summed E-state index contributed by atoms with van der Waals surface area (Å²) in [6.07, 6.45) is 1.71. The van der Waals surface area contributed by atoms with Gasteiger partial charge in [-0.25, -0.2) is 0 Å². The van der Waals surface area contributed by atoms with E-state index in [0.717, 1.165) is 16.5 Å². The molecular formula is C16H11Cl2NO. The van der Waals surface area contributed by atoms with Crippen LogP contribution in [0.3, 0.4) is 0 Å². The number of hydrogen-bond acceptors (Lipinski definition) is 1. The highest BCUT2D eigenvalue weighted by Gasteiger charge is 2.15. The Balaban J connectivity index is 2.10. The van der Waals surface area contributed by atoms with Gasteiger partial charge in [0.1, 0.15) is 0 Å². The molecule has 0 amide bonds. The highest BCUT2D eigenvalue weighted by Crippen LogP contribution is 2.25. The van der Waals surface area contributed by atoms with Crippen LogP contribution in [0.15, 0.2) is 42.6 Å². The average molecular weight is 304 g/mol. The van der Waals surface area contributed by atoms with Crippen LogP contribution in [0.1, 0.15) is 21.5 Å². The van der Waals surface area contributed by atoms with Crippen molar-refractivity contribution >= 4 is 39.9 Å². The Bertz CT molecular complexity index is 820. The van der Waals surface area contributed by atoms with E-state index in [4.69, 9.17) is 23.2 Å². The average Bonchev–Trinajstić information content (AvgIpc) is 2.84. The molecule has 0 aliphatic heterocycles. The van der Waals surface area contributed by atoms with Gasteiger partial charge in [-0.15, -0.1) is 0 Å². The van der Waals surface area contributed by atoms with Crippen LogP contribution in [0.5, 0.6) is 0 Å². The molecule has 3 aromatic rings. The third kappa shape index (κ3) is 2.21. The molecule has 1 aromatic heterocycles. The number of rotatable bonds is 2. The molecule has 2 aromatic carbocycles. The molecule has 4 heteroatoms. The maximum absolute atomic E-state index is 12.6. The van der Waals surface area contributed by atoms with Crippen molar-refractivity contribution in [3.63, 3.8) is 0 Å². The summed E-state index contributed by atoms with van der Waals surface area (Å²) in [5.74, 6) is -0.0551. The van der Waals surface area contributed by atoms with Gasteiger partial charge in [0, 0.05) is 38.3 Å². The summed E-state index contributed by atoms with van der Waals surface area (Å²) >= 11 is 12.0. The van der Waals surface area contributed by atoms with Crippen molar-refractivity contribution in [1.82, 2.24) is 4.98 Å². The molecule has 2 nitrogen and oxygen atoms in total. The van der Waals surface area contributed by atoms with Gasteiger partial charge in [-0.05, 0) is 30.7 Å². The second-order valence-corrected chi connectivity index (χ2v) is 5.53. The van der Waals surface area contributed by atoms with Gasteiger partial charge in [-0.1, -0.05) is 41.4 Å². The monoisotopic (exact) mass is 303 g/mol. The SMILES string of the molecule is Cc1ccc(C(=O)c2c[nH]c3cc(Cl)ccc23)cc1Cl. The zero-order chi connectivity index (χ0) is 14.3. The van der Waals surface area contributed by atoms with E-state index in [1.54, 1.807) is 30.5 Å². The zero-order valence-corrected chi connectivity index (χ0v) is 12.2. The number of ketones is 1. The van der Waals surface area contributed by atoms with Gasteiger partial charge in [-0.2, -0.15) is 0 Å². The van der Waals surface area contributed by atoms with Gasteiger partial charge < -0.3 is 4.98 Å². The van der Waals surface area contributed by atoms with Crippen LogP contribution in [-0.4, -0.2) is 10.8 Å². The Morgan fingerprint density at radius 3 is 2.65 bits per heavy atom. The molecule has 20 heavy (non-hydrogen) atoms. The Kier molecular flexibility index (Phi) is 3.28. The molecule has 0 saturated heterocycles. The van der Waals surface area contributed by atoms with Crippen LogP contribution in [-0.2, 0) is 0 Å². The number of benzene rings is 2. The van der Waals surface area contributed by atoms with E-state index in [0.29, 0.717) is 21.2 Å². The molecule has 1 N–H and O–H groups in total. The second-order valence-electron chi connectivity index (χ2n) is 4.69. The van der Waals surface area contributed by atoms with Crippen LogP contribution in [0.4, 0.5) is 0 Å². The summed E-state index contributed by atoms with van der Waals surface area (Å²) in [7, 11) is 0. The summed E-state index contributed by atoms with van der Waals surface area (Å²) in [6, 6.07) is 10.8. The maximum atomic E-state index is 12.6. The molecule has 0 radical (unpaired) electrons. The minimum absolute atomic E-state index is 0.0551. The number of carbonyl (C=O) groups is 1. The van der Waals surface area contributed by atoms with Crippen LogP contribution >= 0.6 is 23.2 Å². The maximum Gasteiger partial charge on any atom is 0.195 e. The van der Waals surface area contributed by atoms with Crippen LogP contribution in [0.2, 0.25) is 10.0 Å². The van der Waals surface area contributed by atoms with Gasteiger partial charge in [-0.3, -0.25) is 4.79 Å². The minimum Gasteiger partial charge on any atom is -0.360 e. The summed E-state index contributed by atoms with van der Waals surface area (Å²) in [5.41, 5.74) is 3.00. The fourth-order valence-corrected chi connectivity index (χ4v) is 2.53. The first-order chi connectivity index (χ1) is 9.56. The quantitative estimate of drug-likeness (QED) is 0.663. The number of aromatic amines is 1. The summed E-state index contributed by atoms with van der Waals surface area (Å²) < 4.78 is 0. The predicted octanol–water partition coefficient (Wildman–Crippen LogP) is 5.01. The smallest absolute Gasteiger partial charge is 0.195 e. The van der Waals surface area contributed by atoms with Crippen molar-refractivity contribution in [2.45, 2.75) is 6.92 Å². The first kappa shape index (κ1) is 13.2. The number of fused-ring (bicyclic) bond motifs is 1. The van der Waals surface area contributed by atoms with Gasteiger partial charge in [0.15, 0.2) is 5.78 Å². The van der Waals surface area contributed by atoms with E-state index in [2.05, 4.69) is 4.98 Å². The number of nitrogens with one attached hydrogen (secondary N) is 1. The lowest BCUT2D eigenvalue weighted by atomic mass is 10.0. The van der Waals surface area contributed by atoms with Gasteiger partial charge >= 0.3 is 0 Å². The first-order valence-corrected chi connectivity index (χ1v) is 6.89. The Morgan fingerprint density at radius 1 is 1.10 bits per heavy atom. The number of H-pyrrole nitrogens is 1. The zero-order valence-electron chi connectivity index (χ0n) is 10.7. The molecular weight excluding hydrogens is 293 g/mol. The lowest BCUT2D eigenvalue weighted by Gasteiger charge is -2.03. The molecule has 1 heterocycles. The molecule has 0 saturated carbocycles. The lowest BCUT2D eigenvalue weighted by Crippen LogP contribution is -2.00. The fraction of sp³-hybridized carbons (Fsp3) is 0.0625. The van der Waals surface area contributed by atoms with E-state index in [1.165, 1.54) is 0 Å². The highest BCUT2D eigenvalue weighted by atomic mass is 35.5. The van der Waals surface area contributed by atoms with Crippen molar-refractivity contribution in [3.8, 4) is 0 Å². The van der Waals surface area contributed by atoms with E-state index in [1.807, 2.05) is 19.1 Å². The van der Waals surface area contributed by atoms with Crippen molar-refractivity contribution in [3.05, 3.63) is 69.3 Å². The van der Waals surface area contributed by atoms with Crippen molar-refractivity contribution in [2.75, 3.05) is 0 Å². The summed E-state index contributed by atoms with van der Waals surface area (Å²) in [4.78, 5) is 15.6. The molecule has 0 bridgehead atoms. The van der Waals surface area contributed by atoms with Gasteiger partial charge in [0.25, 0.3) is 0 Å². The number of aromatic nitrogens is 1. The predicted molar refractivity (Wildman–Crippen MR) is 82.9 cm³/mol. The van der Waals surface area contributed by atoms with Crippen LogP contribution < -0.4 is 0 Å². The number of hydrogen-bond donors (Lipinski definition) is 1. The number of halogens is 2. The molecule has 0 atom stereocenters. The molecule has 3 rings (SSSR count). The van der Waals surface area contributed by atoms with Gasteiger partial charge in [0.05, 0.1) is 0 Å². The third-order valence-electron chi connectivity index (χ3n) is 3.32. The van der Waals surface area contributed by atoms with E-state index < -0.39 is 0 Å². The molecule has 0 aliphatic carbocycles. The molecule has 100 valence electrons. The molecule has 0 fully saturated rings. The largest absolute Gasteiger partial charge is 0.360 e. The number of carbonyl (C=O) groups excluding carboxylic acids is 1. The summed E-state index contributed by atoms with van der Waals surface area (Å²) in [5, 5.41) is 2.09. The fourth-order valence-electron chi connectivity index (χ4n) is 2.18. The molecule has 0 spiro atoms.